The number of halogens is 6. The second-order valence-electron chi connectivity index (χ2n) is 5.37. The van der Waals surface area contributed by atoms with Gasteiger partial charge >= 0.3 is 6.30 Å². The second kappa shape index (κ2) is 8.82. The van der Waals surface area contributed by atoms with E-state index in [1.54, 1.807) is 6.07 Å². The SMILES string of the molecule is CC.FC(F)(F)[N-]c1cc(Br)c2ccc3c(Br)cc(Br)c4ccc1c2c34.[Y]. The largest absolute Gasteiger partial charge is 0.596 e. The Morgan fingerprint density at radius 1 is 0.704 bits per heavy atom. The van der Waals surface area contributed by atoms with E-state index in [4.69, 9.17) is 0 Å². The summed E-state index contributed by atoms with van der Waals surface area (Å²) in [7, 11) is 0. The summed E-state index contributed by atoms with van der Waals surface area (Å²) in [5.41, 5.74) is -0.0904. The third-order valence-electron chi connectivity index (χ3n) is 3.97. The fourth-order valence-corrected chi connectivity index (χ4v) is 5.05. The van der Waals surface area contributed by atoms with Crippen molar-refractivity contribution >= 4 is 85.8 Å². The summed E-state index contributed by atoms with van der Waals surface area (Å²) < 4.78 is 40.8. The number of rotatable bonds is 1. The summed E-state index contributed by atoms with van der Waals surface area (Å²) in [6.45, 7) is 4.00. The van der Waals surface area contributed by atoms with Gasteiger partial charge in [-0.1, -0.05) is 92.0 Å². The molecule has 0 aliphatic heterocycles. The summed E-state index contributed by atoms with van der Waals surface area (Å²) in [4.78, 5) is 0. The summed E-state index contributed by atoms with van der Waals surface area (Å²) in [6.07, 6.45) is -4.62. The average molecular weight is 640 g/mol. The molecule has 27 heavy (non-hydrogen) atoms. The van der Waals surface area contributed by atoms with Crippen molar-refractivity contribution in [1.29, 1.82) is 0 Å². The van der Waals surface area contributed by atoms with Crippen LogP contribution in [-0.2, 0) is 32.7 Å². The predicted molar refractivity (Wildman–Crippen MR) is 114 cm³/mol. The molecule has 4 aromatic carbocycles. The molecule has 1 radical (unpaired) electrons. The Kier molecular flexibility index (Phi) is 7.62. The first kappa shape index (κ1) is 23.3. The van der Waals surface area contributed by atoms with Crippen LogP contribution < -0.4 is 0 Å². The van der Waals surface area contributed by atoms with Gasteiger partial charge in [0, 0.05) is 46.1 Å². The first-order valence-corrected chi connectivity index (χ1v) is 10.2. The molecule has 0 spiro atoms. The van der Waals surface area contributed by atoms with Gasteiger partial charge in [0.1, 0.15) is 0 Å². The molecule has 0 amide bonds. The zero-order valence-electron chi connectivity index (χ0n) is 14.3. The van der Waals surface area contributed by atoms with Crippen LogP contribution in [0.3, 0.4) is 0 Å². The van der Waals surface area contributed by atoms with Gasteiger partial charge in [0.25, 0.3) is 0 Å². The van der Waals surface area contributed by atoms with E-state index in [0.29, 0.717) is 9.86 Å². The fourth-order valence-electron chi connectivity index (χ4n) is 3.08. The number of alkyl halides is 3. The molecule has 1 nitrogen and oxygen atoms in total. The number of nitrogens with zero attached hydrogens (tertiary/aromatic N) is 1. The van der Waals surface area contributed by atoms with Crippen LogP contribution in [0, 0.1) is 0 Å². The standard InChI is InChI=1S/C17H6Br3F3N.C2H6.Y/c18-11-5-12(19)8-3-4-10-14(24-17(21,22)23)6-13(20)9-2-1-7(11)15(8)16(9)10;1-2;/h1-6H;1-2H3;/q-1;;. The molecule has 0 saturated carbocycles. The van der Waals surface area contributed by atoms with Gasteiger partial charge in [0.15, 0.2) is 0 Å². The van der Waals surface area contributed by atoms with Crippen molar-refractivity contribution < 1.29 is 45.9 Å². The molecule has 4 rings (SSSR count). The number of benzene rings is 4. The summed E-state index contributed by atoms with van der Waals surface area (Å²) in [6, 6.07) is 10.7. The molecule has 4 aromatic rings. The van der Waals surface area contributed by atoms with E-state index < -0.39 is 6.30 Å². The van der Waals surface area contributed by atoms with Gasteiger partial charge < -0.3 is 5.32 Å². The van der Waals surface area contributed by atoms with Crippen molar-refractivity contribution in [1.82, 2.24) is 0 Å². The van der Waals surface area contributed by atoms with Crippen molar-refractivity contribution in [3.8, 4) is 0 Å². The maximum atomic E-state index is 12.8. The maximum Gasteiger partial charge on any atom is 0.332 e. The van der Waals surface area contributed by atoms with Crippen molar-refractivity contribution in [3.63, 3.8) is 0 Å². The van der Waals surface area contributed by atoms with E-state index in [1.807, 2.05) is 38.1 Å². The maximum absolute atomic E-state index is 12.8. The summed E-state index contributed by atoms with van der Waals surface area (Å²) in [5, 5.41) is 7.86. The molecular formula is C19H12Br3F3NY-. The molecule has 0 fully saturated rings. The smallest absolute Gasteiger partial charge is 0.332 e. The number of hydrogen-bond acceptors (Lipinski definition) is 0. The molecule has 0 aliphatic carbocycles. The Labute approximate surface area is 205 Å². The van der Waals surface area contributed by atoms with Crippen LogP contribution in [0.4, 0.5) is 18.9 Å². The molecule has 0 saturated heterocycles. The van der Waals surface area contributed by atoms with Crippen molar-refractivity contribution in [3.05, 3.63) is 55.1 Å². The molecule has 0 atom stereocenters. The molecule has 0 aromatic heterocycles. The average Bonchev–Trinajstić information content (AvgIpc) is 2.58. The van der Waals surface area contributed by atoms with Crippen molar-refractivity contribution in [2.24, 2.45) is 0 Å². The monoisotopic (exact) mass is 637 g/mol. The quantitative estimate of drug-likeness (QED) is 0.146. The Bertz CT molecular complexity index is 1090. The normalized spacial score (nSPS) is 11.4. The zero-order valence-corrected chi connectivity index (χ0v) is 21.9. The van der Waals surface area contributed by atoms with Crippen LogP contribution in [0.1, 0.15) is 13.8 Å². The Balaban J connectivity index is 0.000000844. The Morgan fingerprint density at radius 3 is 1.52 bits per heavy atom. The zero-order chi connectivity index (χ0) is 19.2. The minimum absolute atomic E-state index is 0. The first-order valence-electron chi connectivity index (χ1n) is 7.81. The van der Waals surface area contributed by atoms with E-state index >= 15 is 0 Å². The van der Waals surface area contributed by atoms with E-state index in [1.165, 1.54) is 6.07 Å². The van der Waals surface area contributed by atoms with Crippen LogP contribution >= 0.6 is 47.8 Å². The van der Waals surface area contributed by atoms with Gasteiger partial charge in [-0.3, -0.25) is 0 Å². The molecule has 8 heteroatoms. The third kappa shape index (κ3) is 4.32. The van der Waals surface area contributed by atoms with Crippen LogP contribution in [0.5, 0.6) is 0 Å². The van der Waals surface area contributed by atoms with Crippen molar-refractivity contribution in [2.45, 2.75) is 20.1 Å². The molecule has 0 N–H and O–H groups in total. The topological polar surface area (TPSA) is 14.1 Å². The van der Waals surface area contributed by atoms with Crippen LogP contribution in [-0.4, -0.2) is 6.30 Å². The minimum atomic E-state index is -4.62. The molecule has 139 valence electrons. The predicted octanol–water partition coefficient (Wildman–Crippen LogP) is 9.42. The molecule has 0 unspecified atom stereocenters. The molecule has 0 bridgehead atoms. The van der Waals surface area contributed by atoms with E-state index in [9.17, 15) is 13.2 Å². The third-order valence-corrected chi connectivity index (χ3v) is 5.94. The summed E-state index contributed by atoms with van der Waals surface area (Å²) in [5.74, 6) is 0. The first-order chi connectivity index (χ1) is 12.3. The summed E-state index contributed by atoms with van der Waals surface area (Å²) >= 11 is 10.5. The van der Waals surface area contributed by atoms with Crippen LogP contribution in [0.25, 0.3) is 37.6 Å². The van der Waals surface area contributed by atoms with Crippen LogP contribution in [0.2, 0.25) is 0 Å². The Morgan fingerprint density at radius 2 is 1.07 bits per heavy atom. The minimum Gasteiger partial charge on any atom is -0.596 e. The second-order valence-corrected chi connectivity index (χ2v) is 7.93. The Hall–Kier alpha value is 0.0539. The van der Waals surface area contributed by atoms with Gasteiger partial charge in [-0.2, -0.15) is 13.2 Å². The van der Waals surface area contributed by atoms with Gasteiger partial charge in [0.2, 0.25) is 0 Å². The van der Waals surface area contributed by atoms with Gasteiger partial charge in [0.05, 0.1) is 0 Å². The van der Waals surface area contributed by atoms with Crippen LogP contribution in [0.15, 0.2) is 49.8 Å². The van der Waals surface area contributed by atoms with Gasteiger partial charge in [-0.15, -0.1) is 5.69 Å². The van der Waals surface area contributed by atoms with E-state index in [0.717, 1.165) is 35.9 Å². The molecule has 0 heterocycles. The molecular weight excluding hydrogens is 628 g/mol. The van der Waals surface area contributed by atoms with E-state index in [-0.39, 0.29) is 38.4 Å². The number of hydrogen-bond donors (Lipinski definition) is 0. The van der Waals surface area contributed by atoms with Gasteiger partial charge in [-0.05, 0) is 38.4 Å². The van der Waals surface area contributed by atoms with E-state index in [2.05, 4.69) is 53.1 Å². The van der Waals surface area contributed by atoms with Gasteiger partial charge in [-0.25, -0.2) is 0 Å². The fraction of sp³-hybridized carbons (Fsp3) is 0.158. The van der Waals surface area contributed by atoms with Crippen molar-refractivity contribution in [2.75, 3.05) is 0 Å². The molecule has 0 aliphatic rings.